The Hall–Kier alpha value is -3.13. The van der Waals surface area contributed by atoms with Crippen LogP contribution in [0.25, 0.3) is 16.6 Å². The van der Waals surface area contributed by atoms with Crippen LogP contribution in [-0.4, -0.2) is 42.0 Å². The summed E-state index contributed by atoms with van der Waals surface area (Å²) in [6.45, 7) is 0. The van der Waals surface area contributed by atoms with Crippen molar-refractivity contribution < 1.29 is 5.11 Å². The summed E-state index contributed by atoms with van der Waals surface area (Å²) in [7, 11) is 0. The number of hydrogen-bond donors (Lipinski definition) is 4. The second kappa shape index (κ2) is 6.55. The van der Waals surface area contributed by atoms with E-state index in [4.69, 9.17) is 0 Å². The summed E-state index contributed by atoms with van der Waals surface area (Å²) in [6.07, 6.45) is 5.24. The van der Waals surface area contributed by atoms with Gasteiger partial charge in [-0.1, -0.05) is 6.07 Å². The van der Waals surface area contributed by atoms with Crippen molar-refractivity contribution in [1.82, 2.24) is 24.8 Å². The number of benzene rings is 1. The molecule has 4 N–H and O–H groups in total. The van der Waals surface area contributed by atoms with Crippen molar-refractivity contribution >= 4 is 34.0 Å². The van der Waals surface area contributed by atoms with Crippen LogP contribution in [0.1, 0.15) is 25.7 Å². The molecule has 5 rings (SSSR count). The first-order chi connectivity index (χ1) is 13.2. The average molecular weight is 363 g/mol. The Bertz CT molecular complexity index is 1080. The largest absolute Gasteiger partial charge is 0.393 e. The molecule has 0 unspecified atom stereocenters. The van der Waals surface area contributed by atoms with Gasteiger partial charge in [0.25, 0.3) is 0 Å². The van der Waals surface area contributed by atoms with Crippen molar-refractivity contribution in [2.75, 3.05) is 10.6 Å². The summed E-state index contributed by atoms with van der Waals surface area (Å²) < 4.78 is 1.82. The number of aliphatic hydroxyl groups is 1. The van der Waals surface area contributed by atoms with E-state index in [-0.39, 0.29) is 6.10 Å². The molecule has 1 aliphatic rings. The summed E-state index contributed by atoms with van der Waals surface area (Å²) >= 11 is 0. The molecule has 1 saturated carbocycles. The Morgan fingerprint density at radius 1 is 1.11 bits per heavy atom. The topological polar surface area (TPSA) is 103 Å². The standard InChI is InChI=1S/C19H21N7O/c27-15-8-6-13(7-9-15)21-17-2-1-3-18-23-19(25-26(17)18)22-14-5-4-12-11-20-24-16(12)10-14/h1-5,10-11,13,15,21,27H,6-9H2,(H,20,24)(H,22,25). The predicted molar refractivity (Wildman–Crippen MR) is 104 cm³/mol. The fourth-order valence-corrected chi connectivity index (χ4v) is 3.64. The minimum absolute atomic E-state index is 0.159. The zero-order valence-electron chi connectivity index (χ0n) is 14.8. The van der Waals surface area contributed by atoms with Gasteiger partial charge in [0.15, 0.2) is 5.65 Å². The van der Waals surface area contributed by atoms with Gasteiger partial charge in [0.2, 0.25) is 5.95 Å². The van der Waals surface area contributed by atoms with Gasteiger partial charge in [-0.25, -0.2) is 0 Å². The summed E-state index contributed by atoms with van der Waals surface area (Å²) in [5.41, 5.74) is 2.64. The summed E-state index contributed by atoms with van der Waals surface area (Å²) in [5, 5.41) is 29.2. The van der Waals surface area contributed by atoms with Crippen LogP contribution in [0, 0.1) is 0 Å². The molecule has 0 aliphatic heterocycles. The lowest BCUT2D eigenvalue weighted by atomic mass is 9.93. The van der Waals surface area contributed by atoms with Gasteiger partial charge in [-0.05, 0) is 56.0 Å². The molecule has 0 radical (unpaired) electrons. The minimum Gasteiger partial charge on any atom is -0.393 e. The van der Waals surface area contributed by atoms with Crippen LogP contribution in [0.3, 0.4) is 0 Å². The molecule has 8 nitrogen and oxygen atoms in total. The lowest BCUT2D eigenvalue weighted by Crippen LogP contribution is -2.29. The fraction of sp³-hybridized carbons (Fsp3) is 0.316. The van der Waals surface area contributed by atoms with E-state index >= 15 is 0 Å². The van der Waals surface area contributed by atoms with E-state index < -0.39 is 0 Å². The Morgan fingerprint density at radius 2 is 2.00 bits per heavy atom. The Morgan fingerprint density at radius 3 is 2.89 bits per heavy atom. The number of fused-ring (bicyclic) bond motifs is 2. The second-order valence-electron chi connectivity index (χ2n) is 7.06. The van der Waals surface area contributed by atoms with Gasteiger partial charge in [0.1, 0.15) is 5.82 Å². The van der Waals surface area contributed by atoms with Crippen molar-refractivity contribution in [1.29, 1.82) is 0 Å². The number of aliphatic hydroxyl groups excluding tert-OH is 1. The third kappa shape index (κ3) is 3.19. The molecule has 0 atom stereocenters. The average Bonchev–Trinajstić information content (AvgIpc) is 3.30. The van der Waals surface area contributed by atoms with E-state index in [1.807, 2.05) is 40.9 Å². The minimum atomic E-state index is -0.159. The third-order valence-corrected chi connectivity index (χ3v) is 5.11. The molecule has 0 saturated heterocycles. The first-order valence-electron chi connectivity index (χ1n) is 9.25. The van der Waals surface area contributed by atoms with E-state index in [0.717, 1.165) is 53.7 Å². The van der Waals surface area contributed by atoms with Gasteiger partial charge in [-0.15, -0.1) is 5.10 Å². The van der Waals surface area contributed by atoms with E-state index in [2.05, 4.69) is 30.9 Å². The summed E-state index contributed by atoms with van der Waals surface area (Å²) in [6, 6.07) is 12.2. The highest BCUT2D eigenvalue weighted by Gasteiger charge is 2.20. The van der Waals surface area contributed by atoms with Crippen molar-refractivity contribution in [3.8, 4) is 0 Å². The van der Waals surface area contributed by atoms with Crippen LogP contribution in [-0.2, 0) is 0 Å². The number of nitrogens with zero attached hydrogens (tertiary/aromatic N) is 4. The highest BCUT2D eigenvalue weighted by atomic mass is 16.3. The van der Waals surface area contributed by atoms with Crippen molar-refractivity contribution in [3.63, 3.8) is 0 Å². The van der Waals surface area contributed by atoms with Crippen LogP contribution in [0.2, 0.25) is 0 Å². The maximum absolute atomic E-state index is 9.69. The van der Waals surface area contributed by atoms with Crippen LogP contribution in [0.4, 0.5) is 17.5 Å². The van der Waals surface area contributed by atoms with Crippen molar-refractivity contribution in [3.05, 3.63) is 42.6 Å². The molecule has 138 valence electrons. The molecular weight excluding hydrogens is 342 g/mol. The molecular formula is C19H21N7O. The third-order valence-electron chi connectivity index (χ3n) is 5.11. The second-order valence-corrected chi connectivity index (χ2v) is 7.06. The van der Waals surface area contributed by atoms with E-state index in [1.165, 1.54) is 0 Å². The van der Waals surface area contributed by atoms with Crippen LogP contribution in [0.5, 0.6) is 0 Å². The van der Waals surface area contributed by atoms with Crippen molar-refractivity contribution in [2.24, 2.45) is 0 Å². The maximum atomic E-state index is 9.69. The summed E-state index contributed by atoms with van der Waals surface area (Å²) in [5.74, 6) is 1.46. The lowest BCUT2D eigenvalue weighted by Gasteiger charge is -2.26. The SMILES string of the molecule is OC1CCC(Nc2cccc3nc(Nc4ccc5cn[nH]c5c4)nn23)CC1. The molecule has 0 spiro atoms. The number of rotatable bonds is 4. The first kappa shape index (κ1) is 16.1. The fourth-order valence-electron chi connectivity index (χ4n) is 3.64. The van der Waals surface area contributed by atoms with Gasteiger partial charge >= 0.3 is 0 Å². The number of aromatic nitrogens is 5. The van der Waals surface area contributed by atoms with Gasteiger partial charge in [0.05, 0.1) is 17.8 Å². The molecule has 0 amide bonds. The molecule has 3 heterocycles. The number of nitrogens with one attached hydrogen (secondary N) is 3. The smallest absolute Gasteiger partial charge is 0.247 e. The van der Waals surface area contributed by atoms with Gasteiger partial charge in [-0.2, -0.15) is 14.6 Å². The highest BCUT2D eigenvalue weighted by molar-refractivity contribution is 5.82. The van der Waals surface area contributed by atoms with Crippen molar-refractivity contribution in [2.45, 2.75) is 37.8 Å². The van der Waals surface area contributed by atoms with Crippen LogP contribution >= 0.6 is 0 Å². The zero-order valence-corrected chi connectivity index (χ0v) is 14.8. The number of anilines is 3. The quantitative estimate of drug-likeness (QED) is 0.444. The molecule has 8 heteroatoms. The molecule has 3 aromatic heterocycles. The predicted octanol–water partition coefficient (Wildman–Crippen LogP) is 3.06. The molecule has 1 aromatic carbocycles. The van der Waals surface area contributed by atoms with Gasteiger partial charge in [-0.3, -0.25) is 5.10 Å². The Kier molecular flexibility index (Phi) is 3.90. The Labute approximate surface area is 155 Å². The number of aromatic amines is 1. The normalized spacial score (nSPS) is 20.2. The molecule has 4 aromatic rings. The number of hydrogen-bond acceptors (Lipinski definition) is 6. The van der Waals surface area contributed by atoms with Crippen LogP contribution < -0.4 is 10.6 Å². The summed E-state index contributed by atoms with van der Waals surface area (Å²) in [4.78, 5) is 4.58. The molecule has 1 fully saturated rings. The number of H-pyrrole nitrogens is 1. The molecule has 1 aliphatic carbocycles. The monoisotopic (exact) mass is 363 g/mol. The van der Waals surface area contributed by atoms with Gasteiger partial charge in [0, 0.05) is 17.1 Å². The molecule has 0 bridgehead atoms. The maximum Gasteiger partial charge on any atom is 0.247 e. The van der Waals surface area contributed by atoms with E-state index in [1.54, 1.807) is 6.20 Å². The first-order valence-corrected chi connectivity index (χ1v) is 9.25. The zero-order chi connectivity index (χ0) is 18.2. The Balaban J connectivity index is 1.39. The van der Waals surface area contributed by atoms with E-state index in [9.17, 15) is 5.11 Å². The molecule has 27 heavy (non-hydrogen) atoms. The highest BCUT2D eigenvalue weighted by Crippen LogP contribution is 2.24. The van der Waals surface area contributed by atoms with E-state index in [0.29, 0.717) is 12.0 Å². The van der Waals surface area contributed by atoms with Gasteiger partial charge < -0.3 is 15.7 Å². The number of pyridine rings is 1. The lowest BCUT2D eigenvalue weighted by molar-refractivity contribution is 0.126. The van der Waals surface area contributed by atoms with Crippen LogP contribution in [0.15, 0.2) is 42.6 Å².